The zero-order chi connectivity index (χ0) is 18.0. The molecule has 1 atom stereocenters. The van der Waals surface area contributed by atoms with Crippen molar-refractivity contribution in [3.05, 3.63) is 62.5 Å². The first-order valence-corrected chi connectivity index (χ1v) is 9.34. The average molecular weight is 361 g/mol. The Morgan fingerprint density at radius 3 is 2.52 bits per heavy atom. The summed E-state index contributed by atoms with van der Waals surface area (Å²) in [5, 5.41) is 11.3. The molecule has 134 valence electrons. The maximum atomic E-state index is 13.1. The maximum Gasteiger partial charge on any atom is 0.259 e. The Morgan fingerprint density at radius 1 is 1.20 bits per heavy atom. The number of hydrogen-bond donors (Lipinski definition) is 1. The van der Waals surface area contributed by atoms with Gasteiger partial charge < -0.3 is 9.67 Å². The molecule has 0 unspecified atom stereocenters. The molecule has 1 saturated heterocycles. The van der Waals surface area contributed by atoms with Crippen molar-refractivity contribution in [3.63, 3.8) is 0 Å². The lowest BCUT2D eigenvalue weighted by molar-refractivity contribution is 0.183. The molecule has 0 amide bonds. The van der Waals surface area contributed by atoms with Crippen molar-refractivity contribution in [2.75, 3.05) is 13.1 Å². The number of piperidine rings is 1. The molecule has 1 fully saturated rings. The van der Waals surface area contributed by atoms with E-state index in [1.165, 1.54) is 6.42 Å². The quantitative estimate of drug-likeness (QED) is 0.892. The van der Waals surface area contributed by atoms with Crippen LogP contribution in [0.4, 0.5) is 0 Å². The van der Waals surface area contributed by atoms with Gasteiger partial charge in [-0.2, -0.15) is 0 Å². The van der Waals surface area contributed by atoms with E-state index < -0.39 is 0 Å². The third kappa shape index (κ3) is 3.46. The van der Waals surface area contributed by atoms with Crippen LogP contribution in [0.25, 0.3) is 0 Å². The summed E-state index contributed by atoms with van der Waals surface area (Å²) in [6, 6.07) is 8.99. The molecule has 4 nitrogen and oxygen atoms in total. The number of likely N-dealkylation sites (tertiary alicyclic amines) is 1. The smallest absolute Gasteiger partial charge is 0.259 e. The van der Waals surface area contributed by atoms with Crippen LogP contribution in [0.2, 0.25) is 5.02 Å². The lowest BCUT2D eigenvalue weighted by Gasteiger charge is -2.35. The van der Waals surface area contributed by atoms with Gasteiger partial charge in [-0.15, -0.1) is 0 Å². The molecule has 1 aromatic heterocycles. The van der Waals surface area contributed by atoms with Crippen molar-refractivity contribution < 1.29 is 5.11 Å². The van der Waals surface area contributed by atoms with Gasteiger partial charge in [0.05, 0.1) is 11.6 Å². The van der Waals surface area contributed by atoms with Gasteiger partial charge in [0.1, 0.15) is 5.75 Å². The largest absolute Gasteiger partial charge is 0.507 e. The van der Waals surface area contributed by atoms with Gasteiger partial charge in [-0.05, 0) is 57.5 Å². The van der Waals surface area contributed by atoms with E-state index in [0.717, 1.165) is 37.2 Å². The van der Waals surface area contributed by atoms with E-state index in [0.29, 0.717) is 17.1 Å². The minimum absolute atomic E-state index is 0.0580. The molecule has 2 heterocycles. The highest BCUT2D eigenvalue weighted by molar-refractivity contribution is 6.31. The van der Waals surface area contributed by atoms with Gasteiger partial charge in [0.2, 0.25) is 0 Å². The molecule has 1 aromatic carbocycles. The first-order chi connectivity index (χ1) is 12.0. The van der Waals surface area contributed by atoms with Crippen LogP contribution in [-0.4, -0.2) is 27.7 Å². The van der Waals surface area contributed by atoms with Crippen LogP contribution in [0.15, 0.2) is 35.1 Å². The van der Waals surface area contributed by atoms with E-state index >= 15 is 0 Å². The van der Waals surface area contributed by atoms with Crippen LogP contribution in [0, 0.1) is 6.92 Å². The molecule has 1 aliphatic heterocycles. The summed E-state index contributed by atoms with van der Waals surface area (Å²) < 4.78 is 1.71. The standard InChI is InChI=1S/C20H25ClN2O2/c1-3-23-14(2)13-17(24)18(20(23)25)19(22-11-7-4-8-12-22)15-9-5-6-10-16(15)21/h5-6,9-10,13,19,24H,3-4,7-8,11-12H2,1-2H3/t19-/m0/s1. The molecule has 0 aliphatic carbocycles. The van der Waals surface area contributed by atoms with Gasteiger partial charge in [0.15, 0.2) is 0 Å². The lowest BCUT2D eigenvalue weighted by Crippen LogP contribution is -2.38. The van der Waals surface area contributed by atoms with Gasteiger partial charge >= 0.3 is 0 Å². The predicted octanol–water partition coefficient (Wildman–Crippen LogP) is 4.11. The molecule has 0 spiro atoms. The van der Waals surface area contributed by atoms with Crippen LogP contribution < -0.4 is 5.56 Å². The minimum Gasteiger partial charge on any atom is -0.507 e. The molecule has 2 aromatic rings. The molecular formula is C20H25ClN2O2. The second kappa shape index (κ2) is 7.63. The van der Waals surface area contributed by atoms with Gasteiger partial charge in [-0.3, -0.25) is 9.69 Å². The number of benzene rings is 1. The number of halogens is 1. The third-order valence-electron chi connectivity index (χ3n) is 5.07. The third-order valence-corrected chi connectivity index (χ3v) is 5.41. The van der Waals surface area contributed by atoms with Crippen molar-refractivity contribution in [2.24, 2.45) is 0 Å². The van der Waals surface area contributed by atoms with Crippen molar-refractivity contribution in [1.29, 1.82) is 0 Å². The number of hydrogen-bond acceptors (Lipinski definition) is 3. The van der Waals surface area contributed by atoms with Crippen molar-refractivity contribution >= 4 is 11.6 Å². The number of aromatic hydroxyl groups is 1. The first-order valence-electron chi connectivity index (χ1n) is 8.96. The fourth-order valence-corrected chi connectivity index (χ4v) is 4.07. The van der Waals surface area contributed by atoms with E-state index in [9.17, 15) is 9.90 Å². The molecule has 25 heavy (non-hydrogen) atoms. The molecule has 3 rings (SSSR count). The summed E-state index contributed by atoms with van der Waals surface area (Å²) in [7, 11) is 0. The number of pyridine rings is 1. The Kier molecular flexibility index (Phi) is 5.50. The molecule has 5 heteroatoms. The highest BCUT2D eigenvalue weighted by Crippen LogP contribution is 2.37. The molecule has 0 saturated carbocycles. The van der Waals surface area contributed by atoms with Crippen LogP contribution in [0.3, 0.4) is 0 Å². The topological polar surface area (TPSA) is 45.5 Å². The Labute approximate surface area is 153 Å². The normalized spacial score (nSPS) is 16.8. The highest BCUT2D eigenvalue weighted by Gasteiger charge is 2.31. The Bertz CT molecular complexity index is 810. The second-order valence-corrected chi connectivity index (χ2v) is 7.06. The van der Waals surface area contributed by atoms with Crippen LogP contribution in [-0.2, 0) is 6.54 Å². The second-order valence-electron chi connectivity index (χ2n) is 6.65. The van der Waals surface area contributed by atoms with Crippen molar-refractivity contribution in [3.8, 4) is 5.75 Å². The summed E-state index contributed by atoms with van der Waals surface area (Å²) in [5.41, 5.74) is 1.95. The lowest BCUT2D eigenvalue weighted by atomic mass is 9.94. The summed E-state index contributed by atoms with van der Waals surface area (Å²) in [6.07, 6.45) is 3.38. The fourth-order valence-electron chi connectivity index (χ4n) is 3.83. The average Bonchev–Trinajstić information content (AvgIpc) is 2.60. The van der Waals surface area contributed by atoms with Crippen LogP contribution in [0.5, 0.6) is 5.75 Å². The number of aryl methyl sites for hydroxylation is 1. The summed E-state index contributed by atoms with van der Waals surface area (Å²) in [4.78, 5) is 15.4. The molecule has 0 bridgehead atoms. The van der Waals surface area contributed by atoms with E-state index in [2.05, 4.69) is 4.90 Å². The van der Waals surface area contributed by atoms with E-state index in [-0.39, 0.29) is 17.4 Å². The van der Waals surface area contributed by atoms with Crippen molar-refractivity contribution in [2.45, 2.75) is 45.7 Å². The minimum atomic E-state index is -0.320. The molecule has 1 N–H and O–H groups in total. The Balaban J connectivity index is 2.22. The van der Waals surface area contributed by atoms with E-state index in [1.54, 1.807) is 10.6 Å². The zero-order valence-corrected chi connectivity index (χ0v) is 15.6. The van der Waals surface area contributed by atoms with E-state index in [4.69, 9.17) is 11.6 Å². The summed E-state index contributed by atoms with van der Waals surface area (Å²) in [6.45, 7) is 6.16. The monoisotopic (exact) mass is 360 g/mol. The maximum absolute atomic E-state index is 13.1. The van der Waals surface area contributed by atoms with Crippen LogP contribution in [0.1, 0.15) is 49.0 Å². The SMILES string of the molecule is CCn1c(C)cc(O)c([C@H](c2ccccc2Cl)N2CCCCC2)c1=O. The van der Waals surface area contributed by atoms with Gasteiger partial charge in [0, 0.05) is 17.3 Å². The Morgan fingerprint density at radius 2 is 1.88 bits per heavy atom. The number of aromatic nitrogens is 1. The summed E-state index contributed by atoms with van der Waals surface area (Å²) >= 11 is 6.48. The van der Waals surface area contributed by atoms with Gasteiger partial charge in [-0.1, -0.05) is 36.2 Å². The van der Waals surface area contributed by atoms with Gasteiger partial charge in [-0.25, -0.2) is 0 Å². The van der Waals surface area contributed by atoms with Crippen LogP contribution >= 0.6 is 11.6 Å². The number of nitrogens with zero attached hydrogens (tertiary/aromatic N) is 2. The van der Waals surface area contributed by atoms with Gasteiger partial charge in [0.25, 0.3) is 5.56 Å². The predicted molar refractivity (Wildman–Crippen MR) is 101 cm³/mol. The zero-order valence-electron chi connectivity index (χ0n) is 14.8. The fraction of sp³-hybridized carbons (Fsp3) is 0.450. The van der Waals surface area contributed by atoms with Crippen molar-refractivity contribution in [1.82, 2.24) is 9.47 Å². The van der Waals surface area contributed by atoms with E-state index in [1.807, 2.05) is 38.1 Å². The molecule has 0 radical (unpaired) electrons. The number of rotatable bonds is 4. The first kappa shape index (κ1) is 18.0. The Hall–Kier alpha value is -1.78. The molecule has 1 aliphatic rings. The molecular weight excluding hydrogens is 336 g/mol. The highest BCUT2D eigenvalue weighted by atomic mass is 35.5. The summed E-state index contributed by atoms with van der Waals surface area (Å²) in [5.74, 6) is 0.0580.